The van der Waals surface area contributed by atoms with Crippen LogP contribution in [-0.4, -0.2) is 55.1 Å². The third kappa shape index (κ3) is 4.93. The van der Waals surface area contributed by atoms with Crippen LogP contribution < -0.4 is 5.73 Å². The standard InChI is InChI=1S/C12H24N4/c1-11(2)10-16-7-5-15(6-8-16)4-3-12(14)9-13/h11-12H,3-8,10,14H2,1-2H3. The van der Waals surface area contributed by atoms with Crippen molar-refractivity contribution in [1.82, 2.24) is 9.80 Å². The van der Waals surface area contributed by atoms with Crippen molar-refractivity contribution in [2.45, 2.75) is 26.3 Å². The first kappa shape index (κ1) is 13.4. The van der Waals surface area contributed by atoms with E-state index in [2.05, 4.69) is 29.7 Å². The lowest BCUT2D eigenvalue weighted by atomic mass is 10.2. The van der Waals surface area contributed by atoms with Gasteiger partial charge in [0.25, 0.3) is 0 Å². The van der Waals surface area contributed by atoms with E-state index in [1.165, 1.54) is 6.54 Å². The summed E-state index contributed by atoms with van der Waals surface area (Å²) in [5.41, 5.74) is 5.59. The molecule has 4 nitrogen and oxygen atoms in total. The highest BCUT2D eigenvalue weighted by Gasteiger charge is 2.17. The van der Waals surface area contributed by atoms with Gasteiger partial charge in [0, 0.05) is 39.3 Å². The highest BCUT2D eigenvalue weighted by molar-refractivity contribution is 4.87. The predicted molar refractivity (Wildman–Crippen MR) is 65.9 cm³/mol. The van der Waals surface area contributed by atoms with E-state index in [0.717, 1.165) is 45.1 Å². The molecule has 1 aliphatic heterocycles. The molecule has 4 heteroatoms. The van der Waals surface area contributed by atoms with Crippen LogP contribution in [-0.2, 0) is 0 Å². The molecular weight excluding hydrogens is 200 g/mol. The largest absolute Gasteiger partial charge is 0.316 e. The zero-order chi connectivity index (χ0) is 12.0. The molecule has 0 aliphatic carbocycles. The van der Waals surface area contributed by atoms with Crippen LogP contribution in [0.15, 0.2) is 0 Å². The van der Waals surface area contributed by atoms with E-state index in [4.69, 9.17) is 11.0 Å². The molecule has 1 atom stereocenters. The Hall–Kier alpha value is -0.630. The fraction of sp³-hybridized carbons (Fsp3) is 0.917. The SMILES string of the molecule is CC(C)CN1CCN(CCC(N)C#N)CC1. The summed E-state index contributed by atoms with van der Waals surface area (Å²) in [6.45, 7) is 11.2. The van der Waals surface area contributed by atoms with Crippen LogP contribution in [0.2, 0.25) is 0 Å². The first-order chi connectivity index (χ1) is 7.61. The second kappa shape index (κ2) is 6.85. The van der Waals surface area contributed by atoms with Crippen LogP contribution in [0, 0.1) is 17.2 Å². The lowest BCUT2D eigenvalue weighted by molar-refractivity contribution is 0.121. The van der Waals surface area contributed by atoms with Crippen molar-refractivity contribution in [1.29, 1.82) is 5.26 Å². The molecule has 1 fully saturated rings. The highest BCUT2D eigenvalue weighted by Crippen LogP contribution is 2.05. The fourth-order valence-corrected chi connectivity index (χ4v) is 2.10. The van der Waals surface area contributed by atoms with Crippen molar-refractivity contribution in [2.24, 2.45) is 11.7 Å². The maximum Gasteiger partial charge on any atom is 0.0940 e. The van der Waals surface area contributed by atoms with Gasteiger partial charge in [0.15, 0.2) is 0 Å². The number of nitriles is 1. The van der Waals surface area contributed by atoms with Gasteiger partial charge in [-0.2, -0.15) is 5.26 Å². The highest BCUT2D eigenvalue weighted by atomic mass is 15.3. The molecule has 0 aromatic heterocycles. The molecule has 92 valence electrons. The Kier molecular flexibility index (Phi) is 5.75. The van der Waals surface area contributed by atoms with Gasteiger partial charge in [-0.3, -0.25) is 0 Å². The van der Waals surface area contributed by atoms with Crippen molar-refractivity contribution < 1.29 is 0 Å². The van der Waals surface area contributed by atoms with Gasteiger partial charge in [-0.25, -0.2) is 0 Å². The van der Waals surface area contributed by atoms with E-state index >= 15 is 0 Å². The number of rotatable bonds is 5. The van der Waals surface area contributed by atoms with Crippen molar-refractivity contribution in [2.75, 3.05) is 39.3 Å². The van der Waals surface area contributed by atoms with E-state index in [1.807, 2.05) is 0 Å². The van der Waals surface area contributed by atoms with E-state index in [0.29, 0.717) is 0 Å². The van der Waals surface area contributed by atoms with Gasteiger partial charge in [0.05, 0.1) is 12.1 Å². The summed E-state index contributed by atoms with van der Waals surface area (Å²) in [5.74, 6) is 0.749. The maximum atomic E-state index is 8.60. The topological polar surface area (TPSA) is 56.3 Å². The molecule has 0 aromatic rings. The first-order valence-electron chi connectivity index (χ1n) is 6.21. The third-order valence-electron chi connectivity index (χ3n) is 3.01. The molecule has 0 amide bonds. The molecule has 1 heterocycles. The summed E-state index contributed by atoms with van der Waals surface area (Å²) in [5, 5.41) is 8.60. The molecule has 0 radical (unpaired) electrons. The quantitative estimate of drug-likeness (QED) is 0.739. The van der Waals surface area contributed by atoms with Crippen LogP contribution in [0.3, 0.4) is 0 Å². The normalized spacial score (nSPS) is 20.9. The predicted octanol–water partition coefficient (Wildman–Crippen LogP) is 0.501. The number of nitrogens with zero attached hydrogens (tertiary/aromatic N) is 3. The average Bonchev–Trinajstić information content (AvgIpc) is 2.27. The summed E-state index contributed by atoms with van der Waals surface area (Å²) in [4.78, 5) is 4.93. The van der Waals surface area contributed by atoms with E-state index in [-0.39, 0.29) is 6.04 Å². The molecule has 2 N–H and O–H groups in total. The van der Waals surface area contributed by atoms with E-state index in [9.17, 15) is 0 Å². The minimum absolute atomic E-state index is 0.298. The minimum Gasteiger partial charge on any atom is -0.316 e. The Morgan fingerprint density at radius 3 is 2.25 bits per heavy atom. The van der Waals surface area contributed by atoms with Gasteiger partial charge in [-0.1, -0.05) is 13.8 Å². The van der Waals surface area contributed by atoms with Gasteiger partial charge in [0.2, 0.25) is 0 Å². The second-order valence-electron chi connectivity index (χ2n) is 5.06. The zero-order valence-electron chi connectivity index (χ0n) is 10.5. The van der Waals surface area contributed by atoms with Crippen molar-refractivity contribution in [3.63, 3.8) is 0 Å². The lowest BCUT2D eigenvalue weighted by Crippen LogP contribution is -2.48. The fourth-order valence-electron chi connectivity index (χ4n) is 2.10. The summed E-state index contributed by atoms with van der Waals surface area (Å²) in [6, 6.07) is 1.78. The summed E-state index contributed by atoms with van der Waals surface area (Å²) in [7, 11) is 0. The third-order valence-corrected chi connectivity index (χ3v) is 3.01. The van der Waals surface area contributed by atoms with Crippen LogP contribution in [0.25, 0.3) is 0 Å². The van der Waals surface area contributed by atoms with Crippen LogP contribution in [0.1, 0.15) is 20.3 Å². The van der Waals surface area contributed by atoms with Gasteiger partial charge < -0.3 is 15.5 Å². The number of piperazine rings is 1. The number of hydrogen-bond acceptors (Lipinski definition) is 4. The Morgan fingerprint density at radius 2 is 1.75 bits per heavy atom. The number of nitrogens with two attached hydrogens (primary N) is 1. The minimum atomic E-state index is -0.298. The Bertz CT molecular complexity index is 226. The zero-order valence-corrected chi connectivity index (χ0v) is 10.5. The molecule has 1 unspecified atom stereocenters. The van der Waals surface area contributed by atoms with Gasteiger partial charge in [-0.15, -0.1) is 0 Å². The molecule has 0 saturated carbocycles. The second-order valence-corrected chi connectivity index (χ2v) is 5.06. The Labute approximate surface area is 99.0 Å². The Morgan fingerprint density at radius 1 is 1.19 bits per heavy atom. The average molecular weight is 224 g/mol. The van der Waals surface area contributed by atoms with E-state index in [1.54, 1.807) is 0 Å². The summed E-state index contributed by atoms with van der Waals surface area (Å²) < 4.78 is 0. The van der Waals surface area contributed by atoms with Gasteiger partial charge in [-0.05, 0) is 12.3 Å². The van der Waals surface area contributed by atoms with Crippen LogP contribution in [0.5, 0.6) is 0 Å². The van der Waals surface area contributed by atoms with Gasteiger partial charge >= 0.3 is 0 Å². The van der Waals surface area contributed by atoms with Crippen molar-refractivity contribution >= 4 is 0 Å². The van der Waals surface area contributed by atoms with Crippen LogP contribution >= 0.6 is 0 Å². The smallest absolute Gasteiger partial charge is 0.0940 e. The first-order valence-corrected chi connectivity index (χ1v) is 6.21. The molecule has 0 bridgehead atoms. The molecule has 1 saturated heterocycles. The van der Waals surface area contributed by atoms with Crippen LogP contribution in [0.4, 0.5) is 0 Å². The molecular formula is C12H24N4. The summed E-state index contributed by atoms with van der Waals surface area (Å²) >= 11 is 0. The van der Waals surface area contributed by atoms with Crippen molar-refractivity contribution in [3.05, 3.63) is 0 Å². The van der Waals surface area contributed by atoms with Crippen molar-refractivity contribution in [3.8, 4) is 6.07 Å². The Balaban J connectivity index is 2.15. The van der Waals surface area contributed by atoms with Gasteiger partial charge in [0.1, 0.15) is 0 Å². The lowest BCUT2D eigenvalue weighted by Gasteiger charge is -2.35. The maximum absolute atomic E-state index is 8.60. The van der Waals surface area contributed by atoms with E-state index < -0.39 is 0 Å². The molecule has 0 aromatic carbocycles. The summed E-state index contributed by atoms with van der Waals surface area (Å²) in [6.07, 6.45) is 0.792. The monoisotopic (exact) mass is 224 g/mol. The molecule has 0 spiro atoms. The molecule has 1 rings (SSSR count). The number of hydrogen-bond donors (Lipinski definition) is 1. The molecule has 16 heavy (non-hydrogen) atoms. The molecule has 1 aliphatic rings.